The van der Waals surface area contributed by atoms with Gasteiger partial charge in [-0.3, -0.25) is 4.79 Å². The van der Waals surface area contributed by atoms with E-state index in [0.29, 0.717) is 25.3 Å². The van der Waals surface area contributed by atoms with Gasteiger partial charge in [0.05, 0.1) is 5.56 Å². The maximum atomic E-state index is 13.4. The second-order valence-electron chi connectivity index (χ2n) is 4.77. The molecule has 0 saturated carbocycles. The topological polar surface area (TPSA) is 92.4 Å². The van der Waals surface area contributed by atoms with E-state index in [9.17, 15) is 14.0 Å². The van der Waals surface area contributed by atoms with Gasteiger partial charge < -0.3 is 16.2 Å². The van der Waals surface area contributed by atoms with Crippen LogP contribution in [-0.4, -0.2) is 23.5 Å². The van der Waals surface area contributed by atoms with Crippen LogP contribution in [0.2, 0.25) is 0 Å². The summed E-state index contributed by atoms with van der Waals surface area (Å²) in [4.78, 5) is 22.3. The molecule has 1 atom stereocenters. The van der Waals surface area contributed by atoms with E-state index in [-0.39, 0.29) is 11.6 Å². The van der Waals surface area contributed by atoms with Crippen LogP contribution in [0.5, 0.6) is 0 Å². The molecule has 5 nitrogen and oxygen atoms in total. The van der Waals surface area contributed by atoms with Gasteiger partial charge in [-0.1, -0.05) is 6.92 Å². The highest BCUT2D eigenvalue weighted by Crippen LogP contribution is 2.16. The van der Waals surface area contributed by atoms with E-state index < -0.39 is 17.3 Å². The first-order valence-corrected chi connectivity index (χ1v) is 6.46. The zero-order valence-corrected chi connectivity index (χ0v) is 11.4. The molecule has 0 spiro atoms. The lowest BCUT2D eigenvalue weighted by Gasteiger charge is -2.10. The number of halogens is 1. The van der Waals surface area contributed by atoms with E-state index in [0.717, 1.165) is 18.6 Å². The van der Waals surface area contributed by atoms with Gasteiger partial charge in [-0.25, -0.2) is 9.18 Å². The van der Waals surface area contributed by atoms with Gasteiger partial charge in [0.15, 0.2) is 0 Å². The average Bonchev–Trinajstić information content (AvgIpc) is 2.36. The molecule has 1 unspecified atom stereocenters. The molecule has 1 aromatic carbocycles. The molecule has 0 aromatic heterocycles. The van der Waals surface area contributed by atoms with Crippen molar-refractivity contribution < 1.29 is 19.1 Å². The summed E-state index contributed by atoms with van der Waals surface area (Å²) in [6.45, 7) is 2.60. The Morgan fingerprint density at radius 2 is 2.10 bits per heavy atom. The predicted molar refractivity (Wildman–Crippen MR) is 74.1 cm³/mol. The summed E-state index contributed by atoms with van der Waals surface area (Å²) in [6, 6.07) is 3.50. The van der Waals surface area contributed by atoms with Crippen molar-refractivity contribution in [3.63, 3.8) is 0 Å². The Bertz CT molecular complexity index is 491. The predicted octanol–water partition coefficient (Wildman–Crippen LogP) is 2.23. The molecule has 1 amide bonds. The fourth-order valence-electron chi connectivity index (χ4n) is 1.80. The van der Waals surface area contributed by atoms with Crippen LogP contribution < -0.4 is 11.1 Å². The number of hydrogen-bond acceptors (Lipinski definition) is 3. The van der Waals surface area contributed by atoms with E-state index in [2.05, 4.69) is 5.32 Å². The van der Waals surface area contributed by atoms with Gasteiger partial charge in [-0.15, -0.1) is 0 Å². The third-order valence-corrected chi connectivity index (χ3v) is 3.01. The van der Waals surface area contributed by atoms with Gasteiger partial charge >= 0.3 is 5.97 Å². The van der Waals surface area contributed by atoms with Crippen LogP contribution in [0, 0.1) is 11.7 Å². The third kappa shape index (κ3) is 4.97. The summed E-state index contributed by atoms with van der Waals surface area (Å²) in [5.41, 5.74) is 5.26. The number of hydrogen-bond donors (Lipinski definition) is 3. The lowest BCUT2D eigenvalue weighted by Crippen LogP contribution is -2.14. The van der Waals surface area contributed by atoms with Crippen LogP contribution in [0.15, 0.2) is 18.2 Å². The first-order valence-electron chi connectivity index (χ1n) is 6.46. The van der Waals surface area contributed by atoms with Crippen molar-refractivity contribution in [2.45, 2.75) is 26.2 Å². The van der Waals surface area contributed by atoms with E-state index in [1.165, 1.54) is 6.07 Å². The average molecular weight is 282 g/mol. The zero-order chi connectivity index (χ0) is 15.1. The van der Waals surface area contributed by atoms with Crippen LogP contribution in [0.3, 0.4) is 0 Å². The van der Waals surface area contributed by atoms with Crippen LogP contribution in [0.4, 0.5) is 10.1 Å². The fourth-order valence-corrected chi connectivity index (χ4v) is 1.80. The Labute approximate surface area is 117 Å². The van der Waals surface area contributed by atoms with Gasteiger partial charge in [0, 0.05) is 12.1 Å². The Morgan fingerprint density at radius 1 is 1.40 bits per heavy atom. The number of carbonyl (C=O) groups excluding carboxylic acids is 1. The number of nitrogens with two attached hydrogens (primary N) is 1. The number of carboxylic acid groups (broad SMARTS) is 1. The summed E-state index contributed by atoms with van der Waals surface area (Å²) in [7, 11) is 0. The molecule has 0 bridgehead atoms. The SMILES string of the molecule is CC(CCN)CCC(=O)Nc1ccc(C(=O)O)c(F)c1. The highest BCUT2D eigenvalue weighted by atomic mass is 19.1. The van der Waals surface area contributed by atoms with Crippen molar-refractivity contribution in [3.05, 3.63) is 29.6 Å². The van der Waals surface area contributed by atoms with Crippen molar-refractivity contribution in [1.29, 1.82) is 0 Å². The lowest BCUT2D eigenvalue weighted by molar-refractivity contribution is -0.116. The Hall–Kier alpha value is -1.95. The quantitative estimate of drug-likeness (QED) is 0.715. The summed E-state index contributed by atoms with van der Waals surface area (Å²) in [5.74, 6) is -2.07. The molecule has 110 valence electrons. The number of anilines is 1. The minimum atomic E-state index is -1.34. The number of aromatic carboxylic acids is 1. The summed E-state index contributed by atoms with van der Waals surface area (Å²) in [6.07, 6.45) is 1.89. The zero-order valence-electron chi connectivity index (χ0n) is 11.4. The number of amides is 1. The van der Waals surface area contributed by atoms with Crippen molar-refractivity contribution >= 4 is 17.6 Å². The van der Waals surface area contributed by atoms with E-state index in [1.807, 2.05) is 6.92 Å². The number of nitrogens with one attached hydrogen (secondary N) is 1. The van der Waals surface area contributed by atoms with Gasteiger partial charge in [-0.2, -0.15) is 0 Å². The largest absolute Gasteiger partial charge is 0.478 e. The monoisotopic (exact) mass is 282 g/mol. The summed E-state index contributed by atoms with van der Waals surface area (Å²) >= 11 is 0. The summed E-state index contributed by atoms with van der Waals surface area (Å²) in [5, 5.41) is 11.2. The molecule has 1 aromatic rings. The number of rotatable bonds is 7. The lowest BCUT2D eigenvalue weighted by atomic mass is 10.0. The minimum Gasteiger partial charge on any atom is -0.478 e. The molecule has 6 heteroatoms. The van der Waals surface area contributed by atoms with Crippen molar-refractivity contribution in [2.75, 3.05) is 11.9 Å². The highest BCUT2D eigenvalue weighted by Gasteiger charge is 2.12. The normalized spacial score (nSPS) is 11.9. The smallest absolute Gasteiger partial charge is 0.338 e. The van der Waals surface area contributed by atoms with Crippen molar-refractivity contribution in [1.82, 2.24) is 0 Å². The van der Waals surface area contributed by atoms with Crippen LogP contribution in [0.1, 0.15) is 36.5 Å². The molecule has 4 N–H and O–H groups in total. The van der Waals surface area contributed by atoms with E-state index >= 15 is 0 Å². The fraction of sp³-hybridized carbons (Fsp3) is 0.429. The summed E-state index contributed by atoms with van der Waals surface area (Å²) < 4.78 is 13.4. The second-order valence-corrected chi connectivity index (χ2v) is 4.77. The first-order chi connectivity index (χ1) is 9.43. The van der Waals surface area contributed by atoms with Crippen molar-refractivity contribution in [3.8, 4) is 0 Å². The molecule has 0 fully saturated rings. The molecule has 0 saturated heterocycles. The van der Waals surface area contributed by atoms with E-state index in [1.54, 1.807) is 0 Å². The third-order valence-electron chi connectivity index (χ3n) is 3.01. The van der Waals surface area contributed by atoms with Crippen LogP contribution in [-0.2, 0) is 4.79 Å². The van der Waals surface area contributed by atoms with Crippen LogP contribution >= 0.6 is 0 Å². The first kappa shape index (κ1) is 16.1. The molecule has 0 aliphatic carbocycles. The molecule has 0 aliphatic heterocycles. The Balaban J connectivity index is 2.54. The highest BCUT2D eigenvalue weighted by molar-refractivity contribution is 5.92. The molecular weight excluding hydrogens is 263 g/mol. The number of carboxylic acids is 1. The standard InChI is InChI=1S/C14H19FN2O3/c1-9(6-7-16)2-5-13(18)17-10-3-4-11(14(19)20)12(15)8-10/h3-4,8-9H,2,5-7,16H2,1H3,(H,17,18)(H,19,20). The second kappa shape index (κ2) is 7.59. The Kier molecular flexibility index (Phi) is 6.11. The van der Waals surface area contributed by atoms with Crippen LogP contribution in [0.25, 0.3) is 0 Å². The molecule has 0 aliphatic rings. The molecular formula is C14H19FN2O3. The van der Waals surface area contributed by atoms with Gasteiger partial charge in [0.1, 0.15) is 5.82 Å². The molecule has 0 radical (unpaired) electrons. The number of carbonyl (C=O) groups is 2. The Morgan fingerprint density at radius 3 is 2.65 bits per heavy atom. The van der Waals surface area contributed by atoms with Gasteiger partial charge in [0.25, 0.3) is 0 Å². The number of benzene rings is 1. The maximum Gasteiger partial charge on any atom is 0.338 e. The molecule has 20 heavy (non-hydrogen) atoms. The van der Waals surface area contributed by atoms with Gasteiger partial charge in [0.2, 0.25) is 5.91 Å². The maximum absolute atomic E-state index is 13.4. The van der Waals surface area contributed by atoms with E-state index in [4.69, 9.17) is 10.8 Å². The van der Waals surface area contributed by atoms with Crippen molar-refractivity contribution in [2.24, 2.45) is 11.7 Å². The van der Waals surface area contributed by atoms with Gasteiger partial charge in [-0.05, 0) is 43.5 Å². The molecule has 0 heterocycles. The molecule has 1 rings (SSSR count). The minimum absolute atomic E-state index is 0.226.